The Labute approximate surface area is 181 Å². The number of nitrogens with zero attached hydrogens (tertiary/aromatic N) is 3. The molecule has 0 amide bonds. The summed E-state index contributed by atoms with van der Waals surface area (Å²) in [6.45, 7) is 3.96. The van der Waals surface area contributed by atoms with Crippen molar-refractivity contribution in [2.75, 3.05) is 31.6 Å². The zero-order valence-electron chi connectivity index (χ0n) is 17.6. The van der Waals surface area contributed by atoms with Gasteiger partial charge in [-0.3, -0.25) is 14.5 Å². The quantitative estimate of drug-likeness (QED) is 0.487. The summed E-state index contributed by atoms with van der Waals surface area (Å²) in [7, 11) is 0. The summed E-state index contributed by atoms with van der Waals surface area (Å²) in [4.78, 5) is 35.8. The number of carbonyl (C=O) groups is 2. The molecule has 1 aromatic heterocycles. The number of benzene rings is 1. The van der Waals surface area contributed by atoms with E-state index in [2.05, 4.69) is 15.3 Å². The van der Waals surface area contributed by atoms with E-state index in [-0.39, 0.29) is 18.0 Å². The second-order valence-electron chi connectivity index (χ2n) is 8.29. The SMILES string of the molecule is CCOC(=O)C1(c2nc(NCC3CC3)ncc2C=O)CCN(Cc2ccccc2F)C1. The number of ether oxygens (including phenoxy) is 1. The van der Waals surface area contributed by atoms with Crippen molar-refractivity contribution in [3.63, 3.8) is 0 Å². The molecule has 2 heterocycles. The van der Waals surface area contributed by atoms with E-state index in [1.165, 1.54) is 25.1 Å². The van der Waals surface area contributed by atoms with Gasteiger partial charge in [-0.1, -0.05) is 18.2 Å². The Hall–Kier alpha value is -2.87. The average molecular weight is 426 g/mol. The molecule has 1 saturated heterocycles. The minimum atomic E-state index is -1.10. The van der Waals surface area contributed by atoms with Crippen LogP contribution in [0.2, 0.25) is 0 Å². The summed E-state index contributed by atoms with van der Waals surface area (Å²) in [6.07, 6.45) is 4.94. The van der Waals surface area contributed by atoms with Crippen molar-refractivity contribution in [2.45, 2.75) is 38.1 Å². The fourth-order valence-corrected chi connectivity index (χ4v) is 4.12. The van der Waals surface area contributed by atoms with Crippen LogP contribution in [-0.2, 0) is 21.5 Å². The van der Waals surface area contributed by atoms with Crippen molar-refractivity contribution >= 4 is 18.2 Å². The highest BCUT2D eigenvalue weighted by Crippen LogP contribution is 2.38. The molecule has 1 atom stereocenters. The fourth-order valence-electron chi connectivity index (χ4n) is 4.12. The van der Waals surface area contributed by atoms with E-state index in [0.29, 0.717) is 55.5 Å². The topological polar surface area (TPSA) is 84.4 Å². The first-order chi connectivity index (χ1) is 15.1. The van der Waals surface area contributed by atoms with Crippen LogP contribution in [0.5, 0.6) is 0 Å². The monoisotopic (exact) mass is 426 g/mol. The summed E-state index contributed by atoms with van der Waals surface area (Å²) in [5, 5.41) is 3.21. The predicted molar refractivity (Wildman–Crippen MR) is 113 cm³/mol. The van der Waals surface area contributed by atoms with Crippen LogP contribution in [0, 0.1) is 11.7 Å². The predicted octanol–water partition coefficient (Wildman–Crippen LogP) is 2.96. The Morgan fingerprint density at radius 3 is 2.90 bits per heavy atom. The lowest BCUT2D eigenvalue weighted by molar-refractivity contribution is -0.149. The highest BCUT2D eigenvalue weighted by molar-refractivity contribution is 5.88. The molecular weight excluding hydrogens is 399 g/mol. The molecule has 1 N–H and O–H groups in total. The average Bonchev–Trinajstić information content (AvgIpc) is 3.52. The normalized spacial score (nSPS) is 21.1. The number of hydrogen-bond donors (Lipinski definition) is 1. The van der Waals surface area contributed by atoms with Crippen molar-refractivity contribution in [3.8, 4) is 0 Å². The molecule has 2 aromatic rings. The lowest BCUT2D eigenvalue weighted by Crippen LogP contribution is -2.42. The molecule has 1 unspecified atom stereocenters. The van der Waals surface area contributed by atoms with Gasteiger partial charge in [0, 0.05) is 37.9 Å². The highest BCUT2D eigenvalue weighted by Gasteiger charge is 2.50. The van der Waals surface area contributed by atoms with Crippen LogP contribution in [0.15, 0.2) is 30.5 Å². The number of aromatic nitrogens is 2. The Balaban J connectivity index is 1.64. The zero-order chi connectivity index (χ0) is 21.8. The van der Waals surface area contributed by atoms with Gasteiger partial charge in [0.2, 0.25) is 5.95 Å². The lowest BCUT2D eigenvalue weighted by atomic mass is 9.81. The van der Waals surface area contributed by atoms with Crippen LogP contribution in [-0.4, -0.2) is 53.4 Å². The number of halogens is 1. The number of anilines is 1. The van der Waals surface area contributed by atoms with E-state index in [1.54, 1.807) is 25.1 Å². The number of carbonyl (C=O) groups excluding carboxylic acids is 2. The van der Waals surface area contributed by atoms with Gasteiger partial charge in [-0.05, 0) is 38.2 Å². The van der Waals surface area contributed by atoms with Crippen LogP contribution in [0.1, 0.15) is 47.8 Å². The fraction of sp³-hybridized carbons (Fsp3) is 0.478. The van der Waals surface area contributed by atoms with Gasteiger partial charge >= 0.3 is 5.97 Å². The van der Waals surface area contributed by atoms with Gasteiger partial charge in [-0.25, -0.2) is 14.4 Å². The summed E-state index contributed by atoms with van der Waals surface area (Å²) in [5.41, 5.74) is 0.117. The molecule has 8 heteroatoms. The van der Waals surface area contributed by atoms with E-state index < -0.39 is 11.4 Å². The molecule has 1 saturated carbocycles. The number of aldehydes is 1. The van der Waals surface area contributed by atoms with Crippen molar-refractivity contribution in [2.24, 2.45) is 5.92 Å². The Morgan fingerprint density at radius 2 is 2.19 bits per heavy atom. The first-order valence-corrected chi connectivity index (χ1v) is 10.8. The number of likely N-dealkylation sites (tertiary alicyclic amines) is 1. The van der Waals surface area contributed by atoms with Gasteiger partial charge in [0.1, 0.15) is 11.2 Å². The third-order valence-electron chi connectivity index (χ3n) is 6.01. The number of esters is 1. The summed E-state index contributed by atoms with van der Waals surface area (Å²) >= 11 is 0. The van der Waals surface area contributed by atoms with E-state index in [0.717, 1.165) is 6.54 Å². The van der Waals surface area contributed by atoms with Gasteiger partial charge in [-0.2, -0.15) is 0 Å². The molecule has 2 fully saturated rings. The van der Waals surface area contributed by atoms with Crippen molar-refractivity contribution in [1.82, 2.24) is 14.9 Å². The molecule has 0 spiro atoms. The Kier molecular flexibility index (Phi) is 6.27. The molecule has 1 aliphatic heterocycles. The van der Waals surface area contributed by atoms with E-state index >= 15 is 0 Å². The molecule has 4 rings (SSSR count). The first kappa shape index (κ1) is 21.4. The van der Waals surface area contributed by atoms with E-state index in [9.17, 15) is 14.0 Å². The number of hydrogen-bond acceptors (Lipinski definition) is 7. The van der Waals surface area contributed by atoms with Gasteiger partial charge in [0.05, 0.1) is 17.9 Å². The molecular formula is C23H27FN4O3. The van der Waals surface area contributed by atoms with Crippen LogP contribution in [0.4, 0.5) is 10.3 Å². The Bertz CT molecular complexity index is 966. The smallest absolute Gasteiger partial charge is 0.319 e. The van der Waals surface area contributed by atoms with Gasteiger partial charge in [-0.15, -0.1) is 0 Å². The molecule has 164 valence electrons. The van der Waals surface area contributed by atoms with Crippen LogP contribution in [0.3, 0.4) is 0 Å². The minimum absolute atomic E-state index is 0.224. The first-order valence-electron chi connectivity index (χ1n) is 10.8. The maximum Gasteiger partial charge on any atom is 0.319 e. The number of rotatable bonds is 9. The third kappa shape index (κ3) is 4.58. The summed E-state index contributed by atoms with van der Waals surface area (Å²) in [6, 6.07) is 6.61. The second-order valence-corrected chi connectivity index (χ2v) is 8.29. The summed E-state index contributed by atoms with van der Waals surface area (Å²) in [5.74, 6) is 0.336. The van der Waals surface area contributed by atoms with Gasteiger partial charge in [0.15, 0.2) is 6.29 Å². The van der Waals surface area contributed by atoms with Crippen LogP contribution < -0.4 is 5.32 Å². The maximum atomic E-state index is 14.2. The van der Waals surface area contributed by atoms with Crippen LogP contribution >= 0.6 is 0 Å². The summed E-state index contributed by atoms with van der Waals surface area (Å²) < 4.78 is 19.6. The standard InChI is InChI=1S/C23H27FN4O3/c1-2-31-21(30)23(9-10-28(15-23)13-17-5-3-4-6-19(17)24)20-18(14-29)12-26-22(27-20)25-11-16-7-8-16/h3-6,12,14,16H,2,7-11,13,15H2,1H3,(H,25,26,27). The van der Waals surface area contributed by atoms with E-state index in [1.807, 2.05) is 4.90 Å². The molecule has 2 aliphatic rings. The van der Waals surface area contributed by atoms with E-state index in [4.69, 9.17) is 4.74 Å². The highest BCUT2D eigenvalue weighted by atomic mass is 19.1. The van der Waals surface area contributed by atoms with Crippen molar-refractivity contribution in [3.05, 3.63) is 53.1 Å². The second kappa shape index (κ2) is 9.09. The molecule has 1 aliphatic carbocycles. The number of nitrogens with one attached hydrogen (secondary N) is 1. The molecule has 31 heavy (non-hydrogen) atoms. The molecule has 0 bridgehead atoms. The largest absolute Gasteiger partial charge is 0.465 e. The third-order valence-corrected chi connectivity index (χ3v) is 6.01. The molecule has 0 radical (unpaired) electrons. The van der Waals surface area contributed by atoms with Gasteiger partial charge < -0.3 is 10.1 Å². The van der Waals surface area contributed by atoms with Gasteiger partial charge in [0.25, 0.3) is 0 Å². The molecule has 7 nitrogen and oxygen atoms in total. The van der Waals surface area contributed by atoms with Crippen molar-refractivity contribution in [1.29, 1.82) is 0 Å². The Morgan fingerprint density at radius 1 is 1.39 bits per heavy atom. The van der Waals surface area contributed by atoms with Crippen molar-refractivity contribution < 1.29 is 18.7 Å². The maximum absolute atomic E-state index is 14.2. The minimum Gasteiger partial charge on any atom is -0.465 e. The zero-order valence-corrected chi connectivity index (χ0v) is 17.6. The molecule has 1 aromatic carbocycles. The van der Waals surface area contributed by atoms with Crippen LogP contribution in [0.25, 0.3) is 0 Å². The lowest BCUT2D eigenvalue weighted by Gasteiger charge is -2.28.